The zero-order chi connectivity index (χ0) is 20.5. The maximum Gasteiger partial charge on any atom is 0.267 e. The third kappa shape index (κ3) is 2.95. The van der Waals surface area contributed by atoms with Crippen molar-refractivity contribution in [2.45, 2.75) is 0 Å². The molecule has 0 fully saturated rings. The van der Waals surface area contributed by atoms with Crippen LogP contribution in [0.15, 0.2) is 71.4 Å². The number of hydrogen-bond acceptors (Lipinski definition) is 7. The van der Waals surface area contributed by atoms with Crippen molar-refractivity contribution in [3.63, 3.8) is 0 Å². The first-order chi connectivity index (χ1) is 14.8. The number of imidazole rings is 1. The molecule has 3 aromatic heterocycles. The van der Waals surface area contributed by atoms with Crippen molar-refractivity contribution in [3.05, 3.63) is 67.0 Å². The van der Waals surface area contributed by atoms with E-state index in [1.54, 1.807) is 32.5 Å². The highest BCUT2D eigenvalue weighted by molar-refractivity contribution is 5.78. The molecule has 8 heteroatoms. The second kappa shape index (κ2) is 7.32. The molecule has 0 bridgehead atoms. The van der Waals surface area contributed by atoms with Gasteiger partial charge in [-0.25, -0.2) is 9.97 Å². The molecule has 0 saturated carbocycles. The fourth-order valence-corrected chi connectivity index (χ4v) is 3.29. The zero-order valence-electron chi connectivity index (χ0n) is 16.3. The Morgan fingerprint density at radius 1 is 0.833 bits per heavy atom. The summed E-state index contributed by atoms with van der Waals surface area (Å²) in [7, 11) is 3.17. The number of hydrogen-bond donors (Lipinski definition) is 0. The second-order valence-electron chi connectivity index (χ2n) is 6.45. The average Bonchev–Trinajstić information content (AvgIpc) is 3.44. The summed E-state index contributed by atoms with van der Waals surface area (Å²) in [5.74, 6) is 2.47. The summed E-state index contributed by atoms with van der Waals surface area (Å²) in [6.45, 7) is 0. The molecule has 0 saturated heterocycles. The quantitative estimate of drug-likeness (QED) is 0.439. The van der Waals surface area contributed by atoms with Crippen LogP contribution in [0.5, 0.6) is 11.5 Å². The number of nitrogens with zero attached hydrogens (tertiary/aromatic N) is 5. The lowest BCUT2D eigenvalue weighted by Gasteiger charge is -2.07. The molecule has 30 heavy (non-hydrogen) atoms. The van der Waals surface area contributed by atoms with Crippen LogP contribution in [0, 0.1) is 0 Å². The summed E-state index contributed by atoms with van der Waals surface area (Å²) in [5.41, 5.74) is 3.06. The van der Waals surface area contributed by atoms with Crippen molar-refractivity contribution in [3.8, 4) is 45.8 Å². The van der Waals surface area contributed by atoms with Crippen molar-refractivity contribution in [2.75, 3.05) is 14.2 Å². The van der Waals surface area contributed by atoms with Crippen LogP contribution in [0.4, 0.5) is 0 Å². The Morgan fingerprint density at radius 3 is 2.43 bits per heavy atom. The molecule has 5 rings (SSSR count). The lowest BCUT2D eigenvalue weighted by Crippen LogP contribution is -1.91. The number of fused-ring (bicyclic) bond motifs is 1. The van der Waals surface area contributed by atoms with Crippen LogP contribution in [0.3, 0.4) is 0 Å². The van der Waals surface area contributed by atoms with E-state index in [2.05, 4.69) is 20.2 Å². The van der Waals surface area contributed by atoms with Gasteiger partial charge in [0.2, 0.25) is 11.7 Å². The number of benzene rings is 2. The van der Waals surface area contributed by atoms with Crippen molar-refractivity contribution < 1.29 is 13.9 Å². The highest BCUT2D eigenvalue weighted by atomic mass is 16.5. The molecule has 0 N–H and O–H groups in total. The fraction of sp³-hybridized carbons (Fsp3) is 0.0909. The SMILES string of the molecule is COc1ccc(-c2nnc(-c3c(-c4ccccc4)nc4ncccn34)o2)cc1OC. The summed E-state index contributed by atoms with van der Waals surface area (Å²) < 4.78 is 18.6. The van der Waals surface area contributed by atoms with E-state index in [0.29, 0.717) is 34.8 Å². The first-order valence-corrected chi connectivity index (χ1v) is 9.23. The maximum absolute atomic E-state index is 6.05. The molecule has 3 heterocycles. The molecule has 2 aromatic carbocycles. The lowest BCUT2D eigenvalue weighted by atomic mass is 10.1. The molecule has 0 aliphatic carbocycles. The Balaban J connectivity index is 1.65. The second-order valence-corrected chi connectivity index (χ2v) is 6.45. The van der Waals surface area contributed by atoms with Crippen molar-refractivity contribution in [1.82, 2.24) is 24.6 Å². The van der Waals surface area contributed by atoms with Gasteiger partial charge in [0.15, 0.2) is 11.5 Å². The maximum atomic E-state index is 6.05. The average molecular weight is 399 g/mol. The molecular weight excluding hydrogens is 382 g/mol. The van der Waals surface area contributed by atoms with E-state index in [4.69, 9.17) is 13.9 Å². The van der Waals surface area contributed by atoms with Gasteiger partial charge in [-0.1, -0.05) is 30.3 Å². The molecule has 0 aliphatic heterocycles. The van der Waals surface area contributed by atoms with Crippen LogP contribution in [-0.4, -0.2) is 38.8 Å². The first kappa shape index (κ1) is 17.9. The smallest absolute Gasteiger partial charge is 0.267 e. The van der Waals surface area contributed by atoms with Gasteiger partial charge in [0.05, 0.1) is 14.2 Å². The zero-order valence-corrected chi connectivity index (χ0v) is 16.3. The first-order valence-electron chi connectivity index (χ1n) is 9.23. The molecule has 148 valence electrons. The van der Waals surface area contributed by atoms with E-state index in [-0.39, 0.29) is 0 Å². The van der Waals surface area contributed by atoms with Gasteiger partial charge in [-0.2, -0.15) is 0 Å². The predicted molar refractivity (Wildman–Crippen MR) is 110 cm³/mol. The molecule has 5 aromatic rings. The van der Waals surface area contributed by atoms with Gasteiger partial charge in [-0.3, -0.25) is 4.40 Å². The van der Waals surface area contributed by atoms with E-state index in [9.17, 15) is 0 Å². The molecular formula is C22H17N5O3. The van der Waals surface area contributed by atoms with Crippen molar-refractivity contribution in [2.24, 2.45) is 0 Å². The lowest BCUT2D eigenvalue weighted by molar-refractivity contribution is 0.355. The summed E-state index contributed by atoms with van der Waals surface area (Å²) in [4.78, 5) is 9.03. The van der Waals surface area contributed by atoms with Gasteiger partial charge in [0, 0.05) is 23.5 Å². The summed E-state index contributed by atoms with van der Waals surface area (Å²) in [5, 5.41) is 8.53. The normalized spacial score (nSPS) is 11.0. The van der Waals surface area contributed by atoms with Gasteiger partial charge in [-0.15, -0.1) is 10.2 Å². The van der Waals surface area contributed by atoms with Gasteiger partial charge in [0.1, 0.15) is 11.4 Å². The fourth-order valence-electron chi connectivity index (χ4n) is 3.29. The Kier molecular flexibility index (Phi) is 4.36. The van der Waals surface area contributed by atoms with Crippen LogP contribution in [0.2, 0.25) is 0 Å². The highest BCUT2D eigenvalue weighted by Gasteiger charge is 2.22. The topological polar surface area (TPSA) is 87.6 Å². The van der Waals surface area contributed by atoms with Gasteiger partial charge in [0.25, 0.3) is 5.89 Å². The molecule has 0 amide bonds. The predicted octanol–water partition coefficient (Wildman–Crippen LogP) is 4.13. The molecule has 0 spiro atoms. The standard InChI is InChI=1S/C22H17N5O3/c1-28-16-10-9-15(13-17(16)29-2)20-25-26-21(30-20)19-18(14-7-4-3-5-8-14)24-22-23-11-6-12-27(19)22/h3-13H,1-2H3. The van der Waals surface area contributed by atoms with Crippen molar-refractivity contribution >= 4 is 5.78 Å². The Morgan fingerprint density at radius 2 is 1.63 bits per heavy atom. The monoisotopic (exact) mass is 399 g/mol. The molecule has 0 unspecified atom stereocenters. The third-order valence-electron chi connectivity index (χ3n) is 4.71. The summed E-state index contributed by atoms with van der Waals surface area (Å²) in [6.07, 6.45) is 3.57. The minimum absolute atomic E-state index is 0.346. The summed E-state index contributed by atoms with van der Waals surface area (Å²) >= 11 is 0. The van der Waals surface area contributed by atoms with Crippen molar-refractivity contribution in [1.29, 1.82) is 0 Å². The number of aromatic nitrogens is 5. The molecule has 0 radical (unpaired) electrons. The minimum atomic E-state index is 0.346. The Labute approximate surface area is 171 Å². The minimum Gasteiger partial charge on any atom is -0.493 e. The van der Waals surface area contributed by atoms with E-state index < -0.39 is 0 Å². The molecule has 0 atom stereocenters. The van der Waals surface area contributed by atoms with Crippen LogP contribution in [-0.2, 0) is 0 Å². The third-order valence-corrected chi connectivity index (χ3v) is 4.71. The van der Waals surface area contributed by atoms with Crippen LogP contribution in [0.25, 0.3) is 40.1 Å². The number of methoxy groups -OCH3 is 2. The van der Waals surface area contributed by atoms with Crippen LogP contribution < -0.4 is 9.47 Å². The Bertz CT molecular complexity index is 1330. The molecule has 8 nitrogen and oxygen atoms in total. The van der Waals surface area contributed by atoms with Gasteiger partial charge in [-0.05, 0) is 24.3 Å². The van der Waals surface area contributed by atoms with E-state index in [1.165, 1.54) is 0 Å². The highest BCUT2D eigenvalue weighted by Crippen LogP contribution is 2.35. The van der Waals surface area contributed by atoms with E-state index in [1.807, 2.05) is 53.1 Å². The van der Waals surface area contributed by atoms with Gasteiger partial charge >= 0.3 is 0 Å². The van der Waals surface area contributed by atoms with Crippen LogP contribution in [0.1, 0.15) is 0 Å². The Hall–Kier alpha value is -4.20. The summed E-state index contributed by atoms with van der Waals surface area (Å²) in [6, 6.07) is 17.1. The van der Waals surface area contributed by atoms with E-state index in [0.717, 1.165) is 16.8 Å². The molecule has 0 aliphatic rings. The number of rotatable bonds is 5. The van der Waals surface area contributed by atoms with Gasteiger partial charge < -0.3 is 13.9 Å². The van der Waals surface area contributed by atoms with Crippen LogP contribution >= 0.6 is 0 Å². The largest absolute Gasteiger partial charge is 0.493 e. The number of ether oxygens (including phenoxy) is 2. The van der Waals surface area contributed by atoms with E-state index >= 15 is 0 Å².